The average Bonchev–Trinajstić information content (AvgIpc) is 3.14. The topological polar surface area (TPSA) is 98.1 Å². The van der Waals surface area contributed by atoms with Crippen LogP contribution in [0.3, 0.4) is 0 Å². The molecule has 0 radical (unpaired) electrons. The predicted molar refractivity (Wildman–Crippen MR) is 114 cm³/mol. The zero-order chi connectivity index (χ0) is 21.4. The van der Waals surface area contributed by atoms with Crippen LogP contribution >= 0.6 is 11.8 Å². The third-order valence-corrected chi connectivity index (χ3v) is 5.12. The number of hydrogen-bond acceptors (Lipinski definition) is 6. The van der Waals surface area contributed by atoms with E-state index in [0.29, 0.717) is 11.7 Å². The van der Waals surface area contributed by atoms with E-state index in [1.807, 2.05) is 49.6 Å². The molecule has 2 aromatic rings. The molecule has 158 valence electrons. The number of amides is 2. The van der Waals surface area contributed by atoms with Crippen LogP contribution in [0.25, 0.3) is 11.4 Å². The Morgan fingerprint density at radius 3 is 2.45 bits per heavy atom. The maximum Gasteiger partial charge on any atom is 0.242 e. The number of hydrogen-bond donors (Lipinski definition) is 2. The number of methoxy groups -OCH3 is 1. The molecule has 1 aromatic heterocycles. The van der Waals surface area contributed by atoms with Crippen LogP contribution in [-0.2, 0) is 9.59 Å². The monoisotopic (exact) mass is 419 g/mol. The molecule has 0 saturated heterocycles. The molecule has 0 aliphatic heterocycles. The molecule has 0 aliphatic rings. The highest BCUT2D eigenvalue weighted by Crippen LogP contribution is 2.28. The molecule has 2 N–H and O–H groups in total. The molecule has 2 rings (SSSR count). The SMILES string of the molecule is CCCNC(=O)[C@H](C)NC(=O)CSc1nnc(-c2ccc(OC)cc2)n1C(C)C. The van der Waals surface area contributed by atoms with E-state index < -0.39 is 6.04 Å². The molecule has 29 heavy (non-hydrogen) atoms. The zero-order valence-corrected chi connectivity index (χ0v) is 18.4. The summed E-state index contributed by atoms with van der Waals surface area (Å²) < 4.78 is 7.20. The molecule has 0 spiro atoms. The van der Waals surface area contributed by atoms with Crippen LogP contribution in [0.1, 0.15) is 40.2 Å². The number of nitrogens with zero attached hydrogens (tertiary/aromatic N) is 3. The third kappa shape index (κ3) is 6.22. The van der Waals surface area contributed by atoms with Gasteiger partial charge in [0.05, 0.1) is 12.9 Å². The van der Waals surface area contributed by atoms with E-state index in [-0.39, 0.29) is 23.6 Å². The Bertz CT molecular complexity index is 820. The highest BCUT2D eigenvalue weighted by atomic mass is 32.2. The normalized spacial score (nSPS) is 11.9. The summed E-state index contributed by atoms with van der Waals surface area (Å²) in [5, 5.41) is 14.7. The van der Waals surface area contributed by atoms with Gasteiger partial charge in [0.25, 0.3) is 0 Å². The lowest BCUT2D eigenvalue weighted by Crippen LogP contribution is -2.45. The van der Waals surface area contributed by atoms with Crippen molar-refractivity contribution >= 4 is 23.6 Å². The highest BCUT2D eigenvalue weighted by Gasteiger charge is 2.19. The van der Waals surface area contributed by atoms with E-state index in [2.05, 4.69) is 20.8 Å². The van der Waals surface area contributed by atoms with Crippen molar-refractivity contribution in [3.8, 4) is 17.1 Å². The largest absolute Gasteiger partial charge is 0.497 e. The van der Waals surface area contributed by atoms with Gasteiger partial charge in [-0.15, -0.1) is 10.2 Å². The van der Waals surface area contributed by atoms with Crippen molar-refractivity contribution in [1.29, 1.82) is 0 Å². The quantitative estimate of drug-likeness (QED) is 0.575. The van der Waals surface area contributed by atoms with Gasteiger partial charge in [0.15, 0.2) is 11.0 Å². The summed E-state index contributed by atoms with van der Waals surface area (Å²) in [5.74, 6) is 1.25. The molecule has 0 fully saturated rings. The fourth-order valence-corrected chi connectivity index (χ4v) is 3.54. The second kappa shape index (κ2) is 10.8. The van der Waals surface area contributed by atoms with Gasteiger partial charge in [-0.25, -0.2) is 0 Å². The lowest BCUT2D eigenvalue weighted by molar-refractivity contribution is -0.127. The smallest absolute Gasteiger partial charge is 0.242 e. The fourth-order valence-electron chi connectivity index (χ4n) is 2.66. The summed E-state index contributed by atoms with van der Waals surface area (Å²) in [5.41, 5.74) is 0.921. The molecule has 0 unspecified atom stereocenters. The first kappa shape index (κ1) is 22.7. The van der Waals surface area contributed by atoms with Gasteiger partial charge in [-0.1, -0.05) is 18.7 Å². The fraction of sp³-hybridized carbons (Fsp3) is 0.500. The lowest BCUT2D eigenvalue weighted by Gasteiger charge is -2.15. The summed E-state index contributed by atoms with van der Waals surface area (Å²) in [4.78, 5) is 24.1. The van der Waals surface area contributed by atoms with Crippen LogP contribution in [0.2, 0.25) is 0 Å². The van der Waals surface area contributed by atoms with Crippen LogP contribution < -0.4 is 15.4 Å². The first-order valence-electron chi connectivity index (χ1n) is 9.66. The molecule has 0 bridgehead atoms. The van der Waals surface area contributed by atoms with E-state index in [1.165, 1.54) is 11.8 Å². The zero-order valence-electron chi connectivity index (χ0n) is 17.6. The third-order valence-electron chi connectivity index (χ3n) is 4.18. The Balaban J connectivity index is 2.04. The second-order valence-electron chi connectivity index (χ2n) is 6.87. The lowest BCUT2D eigenvalue weighted by atomic mass is 10.2. The first-order chi connectivity index (χ1) is 13.9. The van der Waals surface area contributed by atoms with E-state index in [4.69, 9.17) is 4.74 Å². The van der Waals surface area contributed by atoms with Crippen molar-refractivity contribution in [3.63, 3.8) is 0 Å². The van der Waals surface area contributed by atoms with Crippen LogP contribution in [0.5, 0.6) is 5.75 Å². The molecule has 2 amide bonds. The molecular weight excluding hydrogens is 390 g/mol. The average molecular weight is 420 g/mol. The van der Waals surface area contributed by atoms with Gasteiger partial charge in [0.1, 0.15) is 11.8 Å². The molecule has 0 aliphatic carbocycles. The maximum absolute atomic E-state index is 12.3. The first-order valence-corrected chi connectivity index (χ1v) is 10.6. The number of rotatable bonds is 10. The Morgan fingerprint density at radius 1 is 1.17 bits per heavy atom. The summed E-state index contributed by atoms with van der Waals surface area (Å²) >= 11 is 1.30. The number of carbonyl (C=O) groups is 2. The van der Waals surface area contributed by atoms with Gasteiger partial charge >= 0.3 is 0 Å². The second-order valence-corrected chi connectivity index (χ2v) is 7.81. The van der Waals surface area contributed by atoms with Crippen LogP contribution in [0.15, 0.2) is 29.4 Å². The van der Waals surface area contributed by atoms with E-state index in [9.17, 15) is 9.59 Å². The van der Waals surface area contributed by atoms with Crippen molar-refractivity contribution in [2.24, 2.45) is 0 Å². The highest BCUT2D eigenvalue weighted by molar-refractivity contribution is 7.99. The number of carbonyl (C=O) groups excluding carboxylic acids is 2. The molecule has 9 heteroatoms. The van der Waals surface area contributed by atoms with Crippen molar-refractivity contribution in [3.05, 3.63) is 24.3 Å². The van der Waals surface area contributed by atoms with Crippen LogP contribution in [-0.4, -0.2) is 52.0 Å². The van der Waals surface area contributed by atoms with E-state index in [1.54, 1.807) is 14.0 Å². The van der Waals surface area contributed by atoms with Gasteiger partial charge in [0, 0.05) is 18.2 Å². The van der Waals surface area contributed by atoms with Gasteiger partial charge < -0.3 is 15.4 Å². The number of ether oxygens (including phenoxy) is 1. The van der Waals surface area contributed by atoms with E-state index in [0.717, 1.165) is 23.6 Å². The molecular formula is C20H29N5O3S. The van der Waals surface area contributed by atoms with Gasteiger partial charge in [-0.3, -0.25) is 14.2 Å². The minimum atomic E-state index is -0.576. The number of thioether (sulfide) groups is 1. The summed E-state index contributed by atoms with van der Waals surface area (Å²) in [6, 6.07) is 7.15. The predicted octanol–water partition coefficient (Wildman–Crippen LogP) is 2.66. The molecule has 8 nitrogen and oxygen atoms in total. The molecule has 1 aromatic carbocycles. The molecule has 1 heterocycles. The molecule has 1 atom stereocenters. The van der Waals surface area contributed by atoms with Crippen molar-refractivity contribution in [2.75, 3.05) is 19.4 Å². The summed E-state index contributed by atoms with van der Waals surface area (Å²) in [6.07, 6.45) is 0.851. The van der Waals surface area contributed by atoms with Crippen molar-refractivity contribution in [1.82, 2.24) is 25.4 Å². The standard InChI is InChI=1S/C20H29N5O3S/c1-6-11-21-19(27)14(4)22-17(26)12-29-20-24-23-18(25(20)13(2)3)15-7-9-16(28-5)10-8-15/h7-10,13-14H,6,11-12H2,1-5H3,(H,21,27)(H,22,26)/t14-/m0/s1. The van der Waals surface area contributed by atoms with Gasteiger partial charge in [-0.05, 0) is 51.5 Å². The number of nitrogens with one attached hydrogen (secondary N) is 2. The summed E-state index contributed by atoms with van der Waals surface area (Å²) in [6.45, 7) is 8.33. The Morgan fingerprint density at radius 2 is 1.86 bits per heavy atom. The van der Waals surface area contributed by atoms with Gasteiger partial charge in [0.2, 0.25) is 11.8 Å². The molecule has 0 saturated carbocycles. The van der Waals surface area contributed by atoms with Crippen molar-refractivity contribution < 1.29 is 14.3 Å². The Kier molecular flexibility index (Phi) is 8.50. The maximum atomic E-state index is 12.3. The number of benzene rings is 1. The van der Waals surface area contributed by atoms with Crippen molar-refractivity contribution in [2.45, 2.75) is 51.4 Å². The van der Waals surface area contributed by atoms with Crippen LogP contribution in [0.4, 0.5) is 0 Å². The minimum Gasteiger partial charge on any atom is -0.497 e. The van der Waals surface area contributed by atoms with Crippen LogP contribution in [0, 0.1) is 0 Å². The van der Waals surface area contributed by atoms with E-state index >= 15 is 0 Å². The minimum absolute atomic E-state index is 0.117. The Hall–Kier alpha value is -2.55. The Labute approximate surface area is 175 Å². The number of aromatic nitrogens is 3. The summed E-state index contributed by atoms with van der Waals surface area (Å²) in [7, 11) is 1.62. The van der Waals surface area contributed by atoms with Gasteiger partial charge in [-0.2, -0.15) is 0 Å².